The van der Waals surface area contributed by atoms with Crippen LogP contribution in [-0.4, -0.2) is 18.9 Å². The highest BCUT2D eigenvalue weighted by Gasteiger charge is 2.13. The molecule has 0 aliphatic carbocycles. The molecule has 114 valence electrons. The van der Waals surface area contributed by atoms with E-state index in [4.69, 9.17) is 5.73 Å². The van der Waals surface area contributed by atoms with Gasteiger partial charge in [-0.1, -0.05) is 28.1 Å². The molecule has 2 aromatic carbocycles. The Bertz CT molecular complexity index is 699. The summed E-state index contributed by atoms with van der Waals surface area (Å²) in [7, 11) is 1.53. The highest BCUT2D eigenvalue weighted by molar-refractivity contribution is 9.10. The van der Waals surface area contributed by atoms with Crippen molar-refractivity contribution >= 4 is 33.4 Å². The standard InChI is InChI=1S/C16H16BrN3O2/c1-19-15(21)11-4-7-14(18)13(8-11)16(22)20-9-10-2-5-12(17)6-3-10/h2-8H,9,18H2,1H3,(H,19,21)(H,20,22). The highest BCUT2D eigenvalue weighted by atomic mass is 79.9. The molecule has 0 bridgehead atoms. The van der Waals surface area contributed by atoms with Crippen LogP contribution in [0.5, 0.6) is 0 Å². The van der Waals surface area contributed by atoms with Crippen molar-refractivity contribution in [3.63, 3.8) is 0 Å². The second-order valence-electron chi connectivity index (χ2n) is 4.69. The third-order valence-electron chi connectivity index (χ3n) is 3.15. The summed E-state index contributed by atoms with van der Waals surface area (Å²) < 4.78 is 0.977. The molecular formula is C16H16BrN3O2. The lowest BCUT2D eigenvalue weighted by Gasteiger charge is -2.09. The van der Waals surface area contributed by atoms with Crippen LogP contribution in [0.2, 0.25) is 0 Å². The average molecular weight is 362 g/mol. The summed E-state index contributed by atoms with van der Waals surface area (Å²) in [6.07, 6.45) is 0. The van der Waals surface area contributed by atoms with Crippen LogP contribution < -0.4 is 16.4 Å². The summed E-state index contributed by atoms with van der Waals surface area (Å²) in [6, 6.07) is 12.3. The Hall–Kier alpha value is -2.34. The molecule has 0 saturated carbocycles. The van der Waals surface area contributed by atoms with Crippen molar-refractivity contribution in [2.24, 2.45) is 0 Å². The molecule has 5 nitrogen and oxygen atoms in total. The van der Waals surface area contributed by atoms with Crippen LogP contribution in [0, 0.1) is 0 Å². The fourth-order valence-electron chi connectivity index (χ4n) is 1.92. The number of rotatable bonds is 4. The van der Waals surface area contributed by atoms with Crippen LogP contribution >= 0.6 is 15.9 Å². The number of nitrogen functional groups attached to an aromatic ring is 1. The average Bonchev–Trinajstić information content (AvgIpc) is 2.53. The minimum atomic E-state index is -0.314. The largest absolute Gasteiger partial charge is 0.398 e. The van der Waals surface area contributed by atoms with Gasteiger partial charge in [-0.3, -0.25) is 9.59 Å². The SMILES string of the molecule is CNC(=O)c1ccc(N)c(C(=O)NCc2ccc(Br)cc2)c1. The summed E-state index contributed by atoms with van der Waals surface area (Å²) in [4.78, 5) is 23.9. The van der Waals surface area contributed by atoms with E-state index in [1.54, 1.807) is 12.1 Å². The molecule has 0 aliphatic rings. The zero-order chi connectivity index (χ0) is 16.1. The van der Waals surface area contributed by atoms with Gasteiger partial charge in [-0.25, -0.2) is 0 Å². The number of carbonyl (C=O) groups excluding carboxylic acids is 2. The first-order valence-corrected chi connectivity index (χ1v) is 7.45. The molecule has 0 saturated heterocycles. The van der Waals surface area contributed by atoms with Gasteiger partial charge in [0.05, 0.1) is 5.56 Å². The first kappa shape index (κ1) is 16.0. The molecule has 6 heteroatoms. The van der Waals surface area contributed by atoms with E-state index in [9.17, 15) is 9.59 Å². The zero-order valence-electron chi connectivity index (χ0n) is 12.0. The van der Waals surface area contributed by atoms with Crippen LogP contribution in [0.4, 0.5) is 5.69 Å². The molecule has 0 atom stereocenters. The number of anilines is 1. The first-order valence-electron chi connectivity index (χ1n) is 6.65. The molecule has 2 amide bonds. The van der Waals surface area contributed by atoms with Crippen LogP contribution in [0.25, 0.3) is 0 Å². The van der Waals surface area contributed by atoms with Gasteiger partial charge in [-0.2, -0.15) is 0 Å². The van der Waals surface area contributed by atoms with Crippen LogP contribution in [0.3, 0.4) is 0 Å². The summed E-state index contributed by atoms with van der Waals surface area (Å²) >= 11 is 3.36. The summed E-state index contributed by atoms with van der Waals surface area (Å²) in [5.74, 6) is -0.576. The van der Waals surface area contributed by atoms with E-state index in [1.165, 1.54) is 13.1 Å². The van der Waals surface area contributed by atoms with Gasteiger partial charge in [0.25, 0.3) is 11.8 Å². The van der Waals surface area contributed by atoms with Crippen molar-refractivity contribution in [2.75, 3.05) is 12.8 Å². The predicted octanol–water partition coefficient (Wildman–Crippen LogP) is 2.32. The molecule has 0 fully saturated rings. The van der Waals surface area contributed by atoms with Crippen molar-refractivity contribution in [3.05, 3.63) is 63.6 Å². The number of hydrogen-bond acceptors (Lipinski definition) is 3. The normalized spacial score (nSPS) is 10.1. The van der Waals surface area contributed by atoms with Gasteiger partial charge in [0.1, 0.15) is 0 Å². The molecule has 0 radical (unpaired) electrons. The van der Waals surface area contributed by atoms with Gasteiger partial charge >= 0.3 is 0 Å². The number of amides is 2. The summed E-state index contributed by atoms with van der Waals surface area (Å²) in [5.41, 5.74) is 7.81. The van der Waals surface area contributed by atoms with Crippen LogP contribution in [0.15, 0.2) is 46.9 Å². The highest BCUT2D eigenvalue weighted by Crippen LogP contribution is 2.15. The number of carbonyl (C=O) groups is 2. The molecule has 22 heavy (non-hydrogen) atoms. The maximum absolute atomic E-state index is 12.2. The number of nitrogens with two attached hydrogens (primary N) is 1. The Morgan fingerprint density at radius 2 is 1.77 bits per heavy atom. The van der Waals surface area contributed by atoms with E-state index in [0.717, 1.165) is 10.0 Å². The Morgan fingerprint density at radius 3 is 2.41 bits per heavy atom. The fraction of sp³-hybridized carbons (Fsp3) is 0.125. The quantitative estimate of drug-likeness (QED) is 0.730. The van der Waals surface area contributed by atoms with E-state index >= 15 is 0 Å². The molecule has 4 N–H and O–H groups in total. The molecule has 0 unspecified atom stereocenters. The smallest absolute Gasteiger partial charge is 0.253 e. The van der Waals surface area contributed by atoms with Crippen molar-refractivity contribution in [2.45, 2.75) is 6.54 Å². The number of halogens is 1. The Balaban J connectivity index is 2.11. The van der Waals surface area contributed by atoms with Crippen LogP contribution in [0.1, 0.15) is 26.3 Å². The first-order chi connectivity index (χ1) is 10.5. The number of hydrogen-bond donors (Lipinski definition) is 3. The van der Waals surface area contributed by atoms with E-state index in [1.807, 2.05) is 24.3 Å². The molecule has 0 aromatic heterocycles. The van der Waals surface area contributed by atoms with E-state index in [2.05, 4.69) is 26.6 Å². The molecule has 0 aliphatic heterocycles. The van der Waals surface area contributed by atoms with E-state index in [0.29, 0.717) is 23.4 Å². The molecule has 2 aromatic rings. The molecular weight excluding hydrogens is 346 g/mol. The van der Waals surface area contributed by atoms with Crippen molar-refractivity contribution in [3.8, 4) is 0 Å². The topological polar surface area (TPSA) is 84.2 Å². The fourth-order valence-corrected chi connectivity index (χ4v) is 2.18. The Kier molecular flexibility index (Phi) is 5.16. The molecule has 0 heterocycles. The lowest BCUT2D eigenvalue weighted by atomic mass is 10.1. The third kappa shape index (κ3) is 3.85. The minimum Gasteiger partial charge on any atom is -0.398 e. The maximum atomic E-state index is 12.2. The lowest BCUT2D eigenvalue weighted by Crippen LogP contribution is -2.25. The summed E-state index contributed by atoms with van der Waals surface area (Å²) in [6.45, 7) is 0.385. The lowest BCUT2D eigenvalue weighted by molar-refractivity contribution is 0.0951. The van der Waals surface area contributed by atoms with Gasteiger partial charge in [-0.05, 0) is 35.9 Å². The summed E-state index contributed by atoms with van der Waals surface area (Å²) in [5, 5.41) is 5.31. The second-order valence-corrected chi connectivity index (χ2v) is 5.61. The van der Waals surface area contributed by atoms with Gasteiger partial charge in [0.15, 0.2) is 0 Å². The van der Waals surface area contributed by atoms with Crippen molar-refractivity contribution in [1.29, 1.82) is 0 Å². The maximum Gasteiger partial charge on any atom is 0.253 e. The van der Waals surface area contributed by atoms with E-state index < -0.39 is 0 Å². The van der Waals surface area contributed by atoms with Gasteiger partial charge < -0.3 is 16.4 Å². The monoisotopic (exact) mass is 361 g/mol. The van der Waals surface area contributed by atoms with Gasteiger partial charge in [-0.15, -0.1) is 0 Å². The van der Waals surface area contributed by atoms with Crippen molar-refractivity contribution in [1.82, 2.24) is 10.6 Å². The van der Waals surface area contributed by atoms with Crippen molar-refractivity contribution < 1.29 is 9.59 Å². The second kappa shape index (κ2) is 7.09. The molecule has 2 rings (SSSR count). The minimum absolute atomic E-state index is 0.262. The van der Waals surface area contributed by atoms with Crippen LogP contribution in [-0.2, 0) is 6.54 Å². The van der Waals surface area contributed by atoms with Gasteiger partial charge in [0.2, 0.25) is 0 Å². The predicted molar refractivity (Wildman–Crippen MR) is 89.6 cm³/mol. The third-order valence-corrected chi connectivity index (χ3v) is 3.68. The number of nitrogens with one attached hydrogen (secondary N) is 2. The zero-order valence-corrected chi connectivity index (χ0v) is 13.6. The Labute approximate surface area is 137 Å². The molecule has 0 spiro atoms. The van der Waals surface area contributed by atoms with E-state index in [-0.39, 0.29) is 11.8 Å². The van der Waals surface area contributed by atoms with Gasteiger partial charge in [0, 0.05) is 29.3 Å². The Morgan fingerprint density at radius 1 is 1.09 bits per heavy atom. The number of benzene rings is 2.